The van der Waals surface area contributed by atoms with Crippen LogP contribution in [0, 0.1) is 0 Å². The fourth-order valence-corrected chi connectivity index (χ4v) is 2.01. The maximum atomic E-state index is 10.9. The zero-order valence-electron chi connectivity index (χ0n) is 9.44. The smallest absolute Gasteiger partial charge is 0.303 e. The fraction of sp³-hybridized carbons (Fsp3) is 0.800. The average Bonchev–Trinajstić information content (AvgIpc) is 2.09. The molecule has 4 atom stereocenters. The van der Waals surface area contributed by atoms with Crippen LogP contribution >= 0.6 is 11.6 Å². The first-order valence-corrected chi connectivity index (χ1v) is 5.47. The fourth-order valence-electron chi connectivity index (χ4n) is 1.68. The van der Waals surface area contributed by atoms with E-state index in [9.17, 15) is 9.59 Å². The van der Waals surface area contributed by atoms with Crippen molar-refractivity contribution in [3.8, 4) is 0 Å². The molecule has 0 aromatic rings. The minimum absolute atomic E-state index is 0.309. The van der Waals surface area contributed by atoms with Gasteiger partial charge >= 0.3 is 11.9 Å². The Morgan fingerprint density at radius 2 is 1.81 bits per heavy atom. The lowest BCUT2D eigenvalue weighted by atomic mass is 10.0. The molecule has 0 unspecified atom stereocenters. The first-order valence-electron chi connectivity index (χ1n) is 5.04. The number of rotatable bonds is 2. The number of halogens is 1. The Labute approximate surface area is 99.0 Å². The first-order chi connectivity index (χ1) is 7.40. The van der Waals surface area contributed by atoms with Crippen LogP contribution in [0.25, 0.3) is 0 Å². The molecule has 0 aliphatic carbocycles. The predicted octanol–water partition coefficient (Wildman–Crippen LogP) is 1.22. The lowest BCUT2D eigenvalue weighted by molar-refractivity contribution is -0.195. The molecule has 0 amide bonds. The molecule has 1 rings (SSSR count). The molecular weight excluding hydrogens is 236 g/mol. The van der Waals surface area contributed by atoms with Crippen LogP contribution in [0.15, 0.2) is 0 Å². The summed E-state index contributed by atoms with van der Waals surface area (Å²) in [5.74, 6) is -0.870. The van der Waals surface area contributed by atoms with E-state index < -0.39 is 35.8 Å². The molecule has 1 fully saturated rings. The van der Waals surface area contributed by atoms with E-state index in [1.54, 1.807) is 6.92 Å². The van der Waals surface area contributed by atoms with Gasteiger partial charge in [-0.15, -0.1) is 0 Å². The Bertz CT molecular complexity index is 280. The maximum absolute atomic E-state index is 10.9. The number of hydrogen-bond donors (Lipinski definition) is 0. The van der Waals surface area contributed by atoms with Crippen LogP contribution in [-0.4, -0.2) is 35.8 Å². The second-order valence-corrected chi connectivity index (χ2v) is 4.20. The zero-order chi connectivity index (χ0) is 12.3. The third-order valence-corrected chi connectivity index (χ3v) is 2.51. The van der Waals surface area contributed by atoms with Gasteiger partial charge in [0, 0.05) is 20.3 Å². The van der Waals surface area contributed by atoms with Gasteiger partial charge < -0.3 is 14.2 Å². The van der Waals surface area contributed by atoms with Gasteiger partial charge in [0.15, 0.2) is 6.10 Å². The van der Waals surface area contributed by atoms with Gasteiger partial charge in [-0.25, -0.2) is 0 Å². The highest BCUT2D eigenvalue weighted by Crippen LogP contribution is 2.27. The normalized spacial score (nSPS) is 34.2. The predicted molar refractivity (Wildman–Crippen MR) is 55.9 cm³/mol. The van der Waals surface area contributed by atoms with Crippen molar-refractivity contribution in [2.24, 2.45) is 0 Å². The van der Waals surface area contributed by atoms with Crippen molar-refractivity contribution in [1.29, 1.82) is 0 Å². The minimum atomic E-state index is -0.601. The molecular formula is C10H15ClO5. The van der Waals surface area contributed by atoms with E-state index in [4.69, 9.17) is 25.8 Å². The van der Waals surface area contributed by atoms with Crippen LogP contribution in [0.4, 0.5) is 0 Å². The van der Waals surface area contributed by atoms with Gasteiger partial charge in [0.25, 0.3) is 0 Å². The van der Waals surface area contributed by atoms with Gasteiger partial charge in [-0.05, 0) is 6.92 Å². The molecule has 92 valence electrons. The van der Waals surface area contributed by atoms with E-state index in [-0.39, 0.29) is 0 Å². The summed E-state index contributed by atoms with van der Waals surface area (Å²) in [5, 5.41) is 0. The molecule has 0 spiro atoms. The summed E-state index contributed by atoms with van der Waals surface area (Å²) in [4.78, 5) is 21.8. The second kappa shape index (κ2) is 5.50. The largest absolute Gasteiger partial charge is 0.458 e. The topological polar surface area (TPSA) is 61.8 Å². The van der Waals surface area contributed by atoms with E-state index in [0.717, 1.165) is 0 Å². The van der Waals surface area contributed by atoms with Crippen molar-refractivity contribution in [3.05, 3.63) is 0 Å². The highest BCUT2D eigenvalue weighted by Gasteiger charge is 2.40. The molecule has 1 aliphatic heterocycles. The van der Waals surface area contributed by atoms with E-state index in [0.29, 0.717) is 6.42 Å². The third kappa shape index (κ3) is 3.64. The van der Waals surface area contributed by atoms with E-state index in [1.807, 2.05) is 0 Å². The van der Waals surface area contributed by atoms with Gasteiger partial charge in [-0.1, -0.05) is 11.6 Å². The maximum Gasteiger partial charge on any atom is 0.303 e. The number of carbonyl (C=O) groups excluding carboxylic acids is 2. The van der Waals surface area contributed by atoms with Crippen LogP contribution in [-0.2, 0) is 23.8 Å². The monoisotopic (exact) mass is 250 g/mol. The molecule has 0 radical (unpaired) electrons. The van der Waals surface area contributed by atoms with E-state index in [1.165, 1.54) is 13.8 Å². The summed E-state index contributed by atoms with van der Waals surface area (Å²) in [6.07, 6.45) is -1.24. The standard InChI is InChI=1S/C10H15ClO5/c1-5-10(16-7(3)13)8(15-6(2)12)4-9(11)14-5/h5,8-10H,4H2,1-3H3/t5-,8-,9+,10+/m0/s1. The van der Waals surface area contributed by atoms with Gasteiger partial charge in [-0.2, -0.15) is 0 Å². The number of ether oxygens (including phenoxy) is 3. The Kier molecular flexibility index (Phi) is 4.56. The number of carbonyl (C=O) groups is 2. The lowest BCUT2D eigenvalue weighted by Crippen LogP contribution is -2.49. The van der Waals surface area contributed by atoms with Crippen LogP contribution in [0.3, 0.4) is 0 Å². The van der Waals surface area contributed by atoms with Crippen molar-refractivity contribution in [3.63, 3.8) is 0 Å². The third-order valence-electron chi connectivity index (χ3n) is 2.23. The molecule has 5 nitrogen and oxygen atoms in total. The summed E-state index contributed by atoms with van der Waals surface area (Å²) in [6, 6.07) is 0. The average molecular weight is 251 g/mol. The molecule has 1 saturated heterocycles. The van der Waals surface area contributed by atoms with Crippen molar-refractivity contribution < 1.29 is 23.8 Å². The Hall–Kier alpha value is -0.810. The molecule has 0 N–H and O–H groups in total. The number of hydrogen-bond acceptors (Lipinski definition) is 5. The molecule has 6 heteroatoms. The first kappa shape index (κ1) is 13.3. The number of alkyl halides is 1. The van der Waals surface area contributed by atoms with Crippen molar-refractivity contribution in [1.82, 2.24) is 0 Å². The lowest BCUT2D eigenvalue weighted by Gasteiger charge is -2.37. The van der Waals surface area contributed by atoms with Gasteiger partial charge in [0.2, 0.25) is 0 Å². The van der Waals surface area contributed by atoms with Gasteiger partial charge in [0.1, 0.15) is 11.7 Å². The summed E-state index contributed by atoms with van der Waals surface area (Å²) in [6.45, 7) is 4.32. The van der Waals surface area contributed by atoms with Crippen LogP contribution < -0.4 is 0 Å². The summed E-state index contributed by atoms with van der Waals surface area (Å²) in [7, 11) is 0. The van der Waals surface area contributed by atoms with E-state index in [2.05, 4.69) is 0 Å². The Morgan fingerprint density at radius 1 is 1.25 bits per heavy atom. The van der Waals surface area contributed by atoms with Crippen molar-refractivity contribution in [2.45, 2.75) is 51.1 Å². The zero-order valence-corrected chi connectivity index (χ0v) is 10.2. The minimum Gasteiger partial charge on any atom is -0.458 e. The molecule has 1 heterocycles. The van der Waals surface area contributed by atoms with E-state index >= 15 is 0 Å². The molecule has 1 aliphatic rings. The van der Waals surface area contributed by atoms with Crippen LogP contribution in [0.1, 0.15) is 27.2 Å². The molecule has 0 bridgehead atoms. The number of esters is 2. The van der Waals surface area contributed by atoms with Crippen LogP contribution in [0.5, 0.6) is 0 Å². The highest BCUT2D eigenvalue weighted by molar-refractivity contribution is 6.19. The molecule has 0 aromatic heterocycles. The quantitative estimate of drug-likeness (QED) is 0.545. The Morgan fingerprint density at radius 3 is 2.31 bits per heavy atom. The SMILES string of the molecule is CC(=O)O[C@@H]1[C@H](C)O[C@@H](Cl)C[C@@H]1OC(C)=O. The molecule has 16 heavy (non-hydrogen) atoms. The summed E-state index contributed by atoms with van der Waals surface area (Å²) >= 11 is 5.84. The molecule has 0 aromatic carbocycles. The van der Waals surface area contributed by atoms with Crippen molar-refractivity contribution >= 4 is 23.5 Å². The van der Waals surface area contributed by atoms with Crippen molar-refractivity contribution in [2.75, 3.05) is 0 Å². The molecule has 0 saturated carbocycles. The van der Waals surface area contributed by atoms with Gasteiger partial charge in [-0.3, -0.25) is 9.59 Å². The second-order valence-electron chi connectivity index (χ2n) is 3.71. The van der Waals surface area contributed by atoms with Crippen LogP contribution in [0.2, 0.25) is 0 Å². The summed E-state index contributed by atoms with van der Waals surface area (Å²) in [5.41, 5.74) is -0.536. The highest BCUT2D eigenvalue weighted by atomic mass is 35.5. The van der Waals surface area contributed by atoms with Gasteiger partial charge in [0.05, 0.1) is 6.10 Å². The Balaban J connectivity index is 2.71. The summed E-state index contributed by atoms with van der Waals surface area (Å²) < 4.78 is 15.4.